The number of nitrogens with one attached hydrogen (secondary N) is 2. The van der Waals surface area contributed by atoms with Crippen molar-refractivity contribution < 1.29 is 18.0 Å². The fraction of sp³-hybridized carbons (Fsp3) is 0.250. The van der Waals surface area contributed by atoms with Crippen molar-refractivity contribution in [2.75, 3.05) is 0 Å². The summed E-state index contributed by atoms with van der Waals surface area (Å²) in [6.07, 6.45) is 0.213. The molecule has 1 aromatic carbocycles. The van der Waals surface area contributed by atoms with Crippen molar-refractivity contribution in [1.82, 2.24) is 10.0 Å². The Morgan fingerprint density at radius 1 is 1.38 bits per heavy atom. The van der Waals surface area contributed by atoms with Gasteiger partial charge in [0.05, 0.1) is 4.90 Å². The Hall–Kier alpha value is -1.84. The van der Waals surface area contributed by atoms with E-state index in [1.807, 2.05) is 0 Å². The highest BCUT2D eigenvalue weighted by atomic mass is 32.2. The highest BCUT2D eigenvalue weighted by Crippen LogP contribution is 2.14. The lowest BCUT2D eigenvalue weighted by Crippen LogP contribution is -2.52. The van der Waals surface area contributed by atoms with Crippen LogP contribution in [0.15, 0.2) is 29.2 Å². The number of sulfonamides is 1. The normalized spacial score (nSPS) is 19.1. The van der Waals surface area contributed by atoms with E-state index < -0.39 is 27.9 Å². The number of nitrogens with two attached hydrogens (primary N) is 1. The van der Waals surface area contributed by atoms with E-state index in [9.17, 15) is 18.0 Å². The first kappa shape index (κ1) is 15.5. The van der Waals surface area contributed by atoms with Gasteiger partial charge in [0.1, 0.15) is 11.0 Å². The number of imide groups is 1. The Bertz CT molecular complexity index is 715. The van der Waals surface area contributed by atoms with Gasteiger partial charge in [0.25, 0.3) is 0 Å². The Morgan fingerprint density at radius 3 is 2.71 bits per heavy atom. The van der Waals surface area contributed by atoms with Crippen LogP contribution in [0.4, 0.5) is 0 Å². The number of carbonyl (C=O) groups excluding carboxylic acids is 2. The molecule has 112 valence electrons. The van der Waals surface area contributed by atoms with Crippen molar-refractivity contribution in [2.24, 2.45) is 5.73 Å². The third-order valence-corrected chi connectivity index (χ3v) is 4.67. The molecular formula is C12H13N3O4S2. The molecule has 1 aliphatic rings. The predicted molar refractivity (Wildman–Crippen MR) is 78.8 cm³/mol. The van der Waals surface area contributed by atoms with Crippen molar-refractivity contribution >= 4 is 39.0 Å². The van der Waals surface area contributed by atoms with Crippen molar-refractivity contribution in [3.05, 3.63) is 29.8 Å². The van der Waals surface area contributed by atoms with Crippen molar-refractivity contribution in [3.8, 4) is 0 Å². The van der Waals surface area contributed by atoms with Gasteiger partial charge >= 0.3 is 0 Å². The minimum absolute atomic E-state index is 0.0440. The molecule has 1 saturated heterocycles. The number of carbonyl (C=O) groups is 2. The fourth-order valence-electron chi connectivity index (χ4n) is 1.88. The number of hydrogen-bond acceptors (Lipinski definition) is 5. The number of thiocarbonyl (C=S) groups is 1. The molecule has 4 N–H and O–H groups in total. The van der Waals surface area contributed by atoms with Crippen LogP contribution in [0.2, 0.25) is 0 Å². The second-order valence-corrected chi connectivity index (χ2v) is 6.67. The average Bonchev–Trinajstić information content (AvgIpc) is 2.42. The highest BCUT2D eigenvalue weighted by Gasteiger charge is 2.30. The summed E-state index contributed by atoms with van der Waals surface area (Å²) in [6.45, 7) is 0. The molecule has 1 aliphatic heterocycles. The van der Waals surface area contributed by atoms with Gasteiger partial charge in [-0.15, -0.1) is 0 Å². The second-order valence-electron chi connectivity index (χ2n) is 4.52. The summed E-state index contributed by atoms with van der Waals surface area (Å²) >= 11 is 4.80. The molecule has 1 unspecified atom stereocenters. The topological polar surface area (TPSA) is 118 Å². The zero-order chi connectivity index (χ0) is 15.6. The second kappa shape index (κ2) is 5.88. The minimum atomic E-state index is -3.90. The molecule has 0 spiro atoms. The van der Waals surface area contributed by atoms with Crippen LogP contribution in [0.1, 0.15) is 18.4 Å². The lowest BCUT2D eigenvalue weighted by molar-refractivity contribution is -0.134. The number of rotatable bonds is 4. The van der Waals surface area contributed by atoms with E-state index in [1.165, 1.54) is 18.2 Å². The summed E-state index contributed by atoms with van der Waals surface area (Å²) in [5, 5.41) is 2.09. The van der Waals surface area contributed by atoms with E-state index >= 15 is 0 Å². The Morgan fingerprint density at radius 2 is 2.10 bits per heavy atom. The first-order valence-electron chi connectivity index (χ1n) is 6.05. The molecule has 0 radical (unpaired) electrons. The quantitative estimate of drug-likeness (QED) is 0.502. The SMILES string of the molecule is NC(=S)c1cccc(S(=O)(=O)NC2CCC(=O)NC2=O)c1. The summed E-state index contributed by atoms with van der Waals surface area (Å²) in [7, 11) is -3.90. The van der Waals surface area contributed by atoms with Crippen molar-refractivity contribution in [2.45, 2.75) is 23.8 Å². The van der Waals surface area contributed by atoms with Gasteiger partial charge in [-0.25, -0.2) is 8.42 Å². The van der Waals surface area contributed by atoms with Crippen LogP contribution in [-0.2, 0) is 19.6 Å². The highest BCUT2D eigenvalue weighted by molar-refractivity contribution is 7.89. The van der Waals surface area contributed by atoms with E-state index in [0.29, 0.717) is 5.56 Å². The van der Waals surface area contributed by atoms with Gasteiger partial charge in [-0.1, -0.05) is 24.4 Å². The molecule has 1 atom stereocenters. The standard InChI is InChI=1S/C12H13N3O4S2/c13-11(20)7-2-1-3-8(6-7)21(18,19)15-9-4-5-10(16)14-12(9)17/h1-3,6,9,15H,4-5H2,(H2,13,20)(H,14,16,17). The van der Waals surface area contributed by atoms with Crippen molar-refractivity contribution in [3.63, 3.8) is 0 Å². The van der Waals surface area contributed by atoms with Gasteiger partial charge in [0, 0.05) is 12.0 Å². The van der Waals surface area contributed by atoms with Gasteiger partial charge in [0.2, 0.25) is 21.8 Å². The number of hydrogen-bond donors (Lipinski definition) is 3. The molecule has 1 heterocycles. The smallest absolute Gasteiger partial charge is 0.244 e. The molecule has 2 rings (SSSR count). The van der Waals surface area contributed by atoms with Crippen LogP contribution in [0.3, 0.4) is 0 Å². The van der Waals surface area contributed by atoms with E-state index in [2.05, 4.69) is 10.0 Å². The zero-order valence-corrected chi connectivity index (χ0v) is 12.5. The molecule has 1 fully saturated rings. The largest absolute Gasteiger partial charge is 0.389 e. The molecule has 0 saturated carbocycles. The third kappa shape index (κ3) is 3.63. The van der Waals surface area contributed by atoms with E-state index in [1.54, 1.807) is 6.07 Å². The van der Waals surface area contributed by atoms with Crippen LogP contribution in [-0.4, -0.2) is 31.3 Å². The molecular weight excluding hydrogens is 314 g/mol. The number of piperidine rings is 1. The summed E-state index contributed by atoms with van der Waals surface area (Å²) < 4.78 is 26.8. The Balaban J connectivity index is 2.22. The lowest BCUT2D eigenvalue weighted by Gasteiger charge is -2.21. The first-order chi connectivity index (χ1) is 9.79. The van der Waals surface area contributed by atoms with Crippen LogP contribution in [0.5, 0.6) is 0 Å². The van der Waals surface area contributed by atoms with Crippen molar-refractivity contribution in [1.29, 1.82) is 0 Å². The van der Waals surface area contributed by atoms with Gasteiger partial charge in [-0.3, -0.25) is 14.9 Å². The van der Waals surface area contributed by atoms with Crippen LogP contribution in [0.25, 0.3) is 0 Å². The summed E-state index contributed by atoms with van der Waals surface area (Å²) in [6, 6.07) is 4.83. The maximum absolute atomic E-state index is 12.2. The minimum Gasteiger partial charge on any atom is -0.389 e. The Labute approximate surface area is 126 Å². The lowest BCUT2D eigenvalue weighted by atomic mass is 10.1. The van der Waals surface area contributed by atoms with Crippen LogP contribution < -0.4 is 15.8 Å². The predicted octanol–water partition coefficient (Wildman–Crippen LogP) is -0.596. The van der Waals surface area contributed by atoms with Gasteiger partial charge in [-0.05, 0) is 18.6 Å². The van der Waals surface area contributed by atoms with E-state index in [4.69, 9.17) is 18.0 Å². The molecule has 1 aromatic rings. The average molecular weight is 327 g/mol. The first-order valence-corrected chi connectivity index (χ1v) is 7.94. The number of amides is 2. The summed E-state index contributed by atoms with van der Waals surface area (Å²) in [5.74, 6) is -1.06. The third-order valence-electron chi connectivity index (χ3n) is 2.97. The Kier molecular flexibility index (Phi) is 4.35. The fourth-order valence-corrected chi connectivity index (χ4v) is 3.28. The van der Waals surface area contributed by atoms with E-state index in [-0.39, 0.29) is 22.7 Å². The molecule has 0 aliphatic carbocycles. The van der Waals surface area contributed by atoms with Gasteiger partial charge in [-0.2, -0.15) is 4.72 Å². The maximum atomic E-state index is 12.2. The number of benzene rings is 1. The summed E-state index contributed by atoms with van der Waals surface area (Å²) in [5.41, 5.74) is 5.88. The van der Waals surface area contributed by atoms with Crippen LogP contribution in [0, 0.1) is 0 Å². The summed E-state index contributed by atoms with van der Waals surface area (Å²) in [4.78, 5) is 22.7. The molecule has 9 heteroatoms. The monoisotopic (exact) mass is 327 g/mol. The molecule has 2 amide bonds. The van der Waals surface area contributed by atoms with Gasteiger partial charge < -0.3 is 5.73 Å². The molecule has 7 nitrogen and oxygen atoms in total. The van der Waals surface area contributed by atoms with Gasteiger partial charge in [0.15, 0.2) is 0 Å². The van der Waals surface area contributed by atoms with E-state index in [0.717, 1.165) is 0 Å². The van der Waals surface area contributed by atoms with Crippen LogP contribution >= 0.6 is 12.2 Å². The molecule has 0 aromatic heterocycles. The molecule has 21 heavy (non-hydrogen) atoms. The maximum Gasteiger partial charge on any atom is 0.244 e. The molecule has 0 bridgehead atoms. The zero-order valence-electron chi connectivity index (χ0n) is 10.8.